The van der Waals surface area contributed by atoms with E-state index in [2.05, 4.69) is 43.1 Å². The number of fused-ring (bicyclic) bond motifs is 2. The summed E-state index contributed by atoms with van der Waals surface area (Å²) in [5, 5.41) is 20.4. The number of carbonyl (C=O) groups excluding carboxylic acids is 1. The van der Waals surface area contributed by atoms with E-state index in [0.717, 1.165) is 46.5 Å². The van der Waals surface area contributed by atoms with Crippen molar-refractivity contribution >= 4 is 34.9 Å². The smallest absolute Gasteiger partial charge is 0.232 e. The number of benzene rings is 3. The summed E-state index contributed by atoms with van der Waals surface area (Å²) >= 11 is 1.31. The van der Waals surface area contributed by atoms with Gasteiger partial charge in [-0.15, -0.1) is 11.8 Å². The lowest BCUT2D eigenvalue weighted by molar-refractivity contribution is -0.117. The molecule has 0 spiro atoms. The molecule has 3 aromatic carbocycles. The van der Waals surface area contributed by atoms with E-state index in [4.69, 9.17) is 5.73 Å². The fourth-order valence-corrected chi connectivity index (χ4v) is 6.05. The van der Waals surface area contributed by atoms with Crippen molar-refractivity contribution in [3.05, 3.63) is 101 Å². The van der Waals surface area contributed by atoms with E-state index in [1.165, 1.54) is 11.8 Å². The number of para-hydroxylation sites is 2. The van der Waals surface area contributed by atoms with E-state index >= 15 is 0 Å². The van der Waals surface area contributed by atoms with E-state index in [9.17, 15) is 15.3 Å². The topological polar surface area (TPSA) is 107 Å². The summed E-state index contributed by atoms with van der Waals surface area (Å²) < 4.78 is 0. The van der Waals surface area contributed by atoms with Crippen molar-refractivity contribution in [1.29, 1.82) is 10.5 Å². The zero-order chi connectivity index (χ0) is 28.2. The molecule has 0 aliphatic carbocycles. The van der Waals surface area contributed by atoms with Crippen molar-refractivity contribution in [1.82, 2.24) is 4.98 Å². The number of pyridine rings is 1. The van der Waals surface area contributed by atoms with Crippen LogP contribution in [0.25, 0.3) is 11.1 Å². The molecule has 0 fully saturated rings. The molecule has 0 unspecified atom stereocenters. The number of hydrogen-bond donors (Lipinski definition) is 1. The Kier molecular flexibility index (Phi) is 7.86. The van der Waals surface area contributed by atoms with Crippen LogP contribution < -0.4 is 10.6 Å². The summed E-state index contributed by atoms with van der Waals surface area (Å²) in [6, 6.07) is 28.3. The largest absolute Gasteiger partial charge is 0.383 e. The third-order valence-electron chi connectivity index (χ3n) is 7.21. The third-order valence-corrected chi connectivity index (χ3v) is 8.19. The van der Waals surface area contributed by atoms with E-state index in [1.54, 1.807) is 0 Å². The van der Waals surface area contributed by atoms with Crippen molar-refractivity contribution in [3.8, 4) is 23.3 Å². The maximum absolute atomic E-state index is 13.7. The Labute approximate surface area is 239 Å². The highest BCUT2D eigenvalue weighted by molar-refractivity contribution is 7.99. The van der Waals surface area contributed by atoms with Crippen LogP contribution in [-0.4, -0.2) is 16.6 Å². The second-order valence-electron chi connectivity index (χ2n) is 10.0. The van der Waals surface area contributed by atoms with Gasteiger partial charge in [-0.1, -0.05) is 74.5 Å². The molecule has 5 rings (SSSR count). The highest BCUT2D eigenvalue weighted by Gasteiger charge is 2.26. The Hall–Kier alpha value is -4.59. The first kappa shape index (κ1) is 27.0. The minimum absolute atomic E-state index is 0.0288. The number of nitrogens with zero attached hydrogens (tertiary/aromatic N) is 4. The standard InChI is InChI=1S/C33H29N5OS/c1-21(2)22-11-15-25(16-12-22)31-26(19-34)32(36)37-33(27(31)20-35)40-18-17-30(39)38-28-9-5-3-7-23(28)13-14-24-8-4-6-10-29(24)38/h3-12,15-16,21H,13-14,17-18H2,1-2H3,(H2,36,37). The average molecular weight is 544 g/mol. The number of nitriles is 2. The van der Waals surface area contributed by atoms with Gasteiger partial charge >= 0.3 is 0 Å². The fraction of sp³-hybridized carbons (Fsp3) is 0.212. The Bertz CT molecular complexity index is 1620. The number of rotatable bonds is 6. The zero-order valence-corrected chi connectivity index (χ0v) is 23.3. The van der Waals surface area contributed by atoms with E-state index < -0.39 is 0 Å². The van der Waals surface area contributed by atoms with E-state index in [1.807, 2.05) is 65.6 Å². The molecule has 40 heavy (non-hydrogen) atoms. The third kappa shape index (κ3) is 5.17. The number of aromatic nitrogens is 1. The van der Waals surface area contributed by atoms with Crippen LogP contribution in [0.3, 0.4) is 0 Å². The minimum atomic E-state index is -0.0288. The van der Waals surface area contributed by atoms with Gasteiger partial charge in [0.2, 0.25) is 5.91 Å². The molecule has 1 aliphatic rings. The Morgan fingerprint density at radius 3 is 2.05 bits per heavy atom. The lowest BCUT2D eigenvalue weighted by Gasteiger charge is -2.25. The maximum atomic E-state index is 13.7. The molecule has 1 aliphatic heterocycles. The number of carbonyl (C=O) groups is 1. The first-order valence-electron chi connectivity index (χ1n) is 13.3. The van der Waals surface area contributed by atoms with Gasteiger partial charge in [0, 0.05) is 17.7 Å². The molecule has 0 radical (unpaired) electrons. The van der Waals surface area contributed by atoms with Crippen molar-refractivity contribution in [2.24, 2.45) is 0 Å². The van der Waals surface area contributed by atoms with Gasteiger partial charge in [0.25, 0.3) is 0 Å². The number of amides is 1. The predicted octanol–water partition coefficient (Wildman–Crippen LogP) is 7.14. The second-order valence-corrected chi connectivity index (χ2v) is 11.1. The van der Waals surface area contributed by atoms with Gasteiger partial charge in [-0.25, -0.2) is 4.98 Å². The maximum Gasteiger partial charge on any atom is 0.232 e. The molecular weight excluding hydrogens is 514 g/mol. The predicted molar refractivity (Wildman–Crippen MR) is 160 cm³/mol. The molecule has 1 aromatic heterocycles. The number of thioether (sulfide) groups is 1. The Morgan fingerprint density at radius 2 is 1.50 bits per heavy atom. The first-order valence-corrected chi connectivity index (χ1v) is 14.3. The summed E-state index contributed by atoms with van der Waals surface area (Å²) in [6.07, 6.45) is 1.97. The van der Waals surface area contributed by atoms with Crippen LogP contribution in [0.4, 0.5) is 17.2 Å². The second kappa shape index (κ2) is 11.7. The molecule has 6 nitrogen and oxygen atoms in total. The van der Waals surface area contributed by atoms with Crippen LogP contribution in [0.1, 0.15) is 54.0 Å². The van der Waals surface area contributed by atoms with Crippen LogP contribution in [0, 0.1) is 22.7 Å². The minimum Gasteiger partial charge on any atom is -0.383 e. The van der Waals surface area contributed by atoms with Gasteiger partial charge in [0.1, 0.15) is 28.5 Å². The molecule has 2 N–H and O–H groups in total. The number of anilines is 3. The van der Waals surface area contributed by atoms with Gasteiger partial charge in [0.15, 0.2) is 0 Å². The summed E-state index contributed by atoms with van der Waals surface area (Å²) in [5.41, 5.74) is 13.2. The SMILES string of the molecule is CC(C)c1ccc(-c2c(C#N)c(N)nc(SCCC(=O)N3c4ccccc4CCc4ccccc43)c2C#N)cc1. The van der Waals surface area contributed by atoms with Crippen molar-refractivity contribution in [2.45, 2.75) is 44.1 Å². The number of hydrogen-bond acceptors (Lipinski definition) is 6. The molecule has 0 bridgehead atoms. The van der Waals surface area contributed by atoms with E-state index in [-0.39, 0.29) is 23.7 Å². The highest BCUT2D eigenvalue weighted by Crippen LogP contribution is 2.38. The summed E-state index contributed by atoms with van der Waals surface area (Å²) in [5.74, 6) is 0.806. The molecular formula is C33H29N5OS. The zero-order valence-electron chi connectivity index (χ0n) is 22.5. The Morgan fingerprint density at radius 1 is 0.925 bits per heavy atom. The number of aryl methyl sites for hydroxylation is 2. The fourth-order valence-electron chi connectivity index (χ4n) is 5.12. The van der Waals surface area contributed by atoms with Crippen LogP contribution in [0.5, 0.6) is 0 Å². The van der Waals surface area contributed by atoms with Crippen LogP contribution in [0.2, 0.25) is 0 Å². The molecule has 2 heterocycles. The monoisotopic (exact) mass is 543 g/mol. The summed E-state index contributed by atoms with van der Waals surface area (Å²) in [4.78, 5) is 20.0. The van der Waals surface area contributed by atoms with Crippen LogP contribution >= 0.6 is 11.8 Å². The van der Waals surface area contributed by atoms with Crippen LogP contribution in [0.15, 0.2) is 77.8 Å². The van der Waals surface area contributed by atoms with Crippen molar-refractivity contribution in [2.75, 3.05) is 16.4 Å². The van der Waals surface area contributed by atoms with Crippen molar-refractivity contribution in [3.63, 3.8) is 0 Å². The summed E-state index contributed by atoms with van der Waals surface area (Å²) in [6.45, 7) is 4.22. The normalized spacial score (nSPS) is 12.2. The van der Waals surface area contributed by atoms with Gasteiger partial charge in [0.05, 0.1) is 16.9 Å². The average Bonchev–Trinajstić information content (AvgIpc) is 3.14. The lowest BCUT2D eigenvalue weighted by atomic mass is 9.94. The molecule has 4 aromatic rings. The first-order chi connectivity index (χ1) is 19.4. The van der Waals surface area contributed by atoms with Gasteiger partial charge in [-0.05, 0) is 53.1 Å². The molecule has 198 valence electrons. The van der Waals surface area contributed by atoms with Gasteiger partial charge < -0.3 is 5.73 Å². The molecule has 1 amide bonds. The molecule has 0 saturated carbocycles. The summed E-state index contributed by atoms with van der Waals surface area (Å²) in [7, 11) is 0. The van der Waals surface area contributed by atoms with Gasteiger partial charge in [-0.2, -0.15) is 10.5 Å². The van der Waals surface area contributed by atoms with Crippen molar-refractivity contribution < 1.29 is 4.79 Å². The number of nitrogen functional groups attached to an aromatic ring is 1. The lowest BCUT2D eigenvalue weighted by Crippen LogP contribution is -2.27. The van der Waals surface area contributed by atoms with E-state index in [0.29, 0.717) is 27.8 Å². The molecule has 0 atom stereocenters. The molecule has 0 saturated heterocycles. The van der Waals surface area contributed by atoms with Gasteiger partial charge in [-0.3, -0.25) is 9.69 Å². The number of nitrogens with two attached hydrogens (primary N) is 1. The molecule has 7 heteroatoms. The Balaban J connectivity index is 1.44. The van der Waals surface area contributed by atoms with Crippen LogP contribution in [-0.2, 0) is 17.6 Å². The quantitative estimate of drug-likeness (QED) is 0.259. The highest BCUT2D eigenvalue weighted by atomic mass is 32.2.